The van der Waals surface area contributed by atoms with Crippen LogP contribution in [0.4, 0.5) is 5.69 Å². The Balaban J connectivity index is 1.54. The summed E-state index contributed by atoms with van der Waals surface area (Å²) in [7, 11) is 0. The lowest BCUT2D eigenvalue weighted by Gasteiger charge is -2.27. The van der Waals surface area contributed by atoms with Crippen molar-refractivity contribution >= 4 is 28.8 Å². The minimum Gasteiger partial charge on any atom is -0.467 e. The van der Waals surface area contributed by atoms with Gasteiger partial charge in [0, 0.05) is 24.0 Å². The summed E-state index contributed by atoms with van der Waals surface area (Å²) in [4.78, 5) is 28.1. The van der Waals surface area contributed by atoms with Crippen molar-refractivity contribution < 1.29 is 14.0 Å². The fourth-order valence-corrected chi connectivity index (χ4v) is 4.42. The summed E-state index contributed by atoms with van der Waals surface area (Å²) in [5.74, 6) is 0.610. The van der Waals surface area contributed by atoms with Gasteiger partial charge in [-0.15, -0.1) is 11.3 Å². The van der Waals surface area contributed by atoms with Gasteiger partial charge in [0.05, 0.1) is 19.4 Å². The van der Waals surface area contributed by atoms with E-state index in [-0.39, 0.29) is 11.8 Å². The summed E-state index contributed by atoms with van der Waals surface area (Å²) in [6.07, 6.45) is 1.63. The second kappa shape index (κ2) is 11.4. The summed E-state index contributed by atoms with van der Waals surface area (Å²) in [6.45, 7) is 2.88. The molecule has 0 bridgehead atoms. The number of rotatable bonds is 10. The van der Waals surface area contributed by atoms with Crippen LogP contribution in [-0.4, -0.2) is 16.7 Å². The van der Waals surface area contributed by atoms with Crippen molar-refractivity contribution in [3.05, 3.63) is 112 Å². The highest BCUT2D eigenvalue weighted by atomic mass is 32.1. The predicted molar refractivity (Wildman–Crippen MR) is 134 cm³/mol. The molecule has 0 radical (unpaired) electrons. The van der Waals surface area contributed by atoms with Gasteiger partial charge in [-0.2, -0.15) is 0 Å². The molecular formula is C27H27N3O3S. The van der Waals surface area contributed by atoms with Gasteiger partial charge in [0.1, 0.15) is 11.8 Å². The van der Waals surface area contributed by atoms with E-state index in [9.17, 15) is 9.59 Å². The highest BCUT2D eigenvalue weighted by Crippen LogP contribution is 2.22. The maximum absolute atomic E-state index is 13.9. The molecule has 7 heteroatoms. The lowest BCUT2D eigenvalue weighted by atomic mass is 10.0. The molecule has 2 heterocycles. The van der Waals surface area contributed by atoms with E-state index in [1.165, 1.54) is 6.92 Å². The van der Waals surface area contributed by atoms with Crippen LogP contribution in [0.15, 0.2) is 94.9 Å². The van der Waals surface area contributed by atoms with Crippen LogP contribution in [0.2, 0.25) is 0 Å². The number of nitrogens with zero attached hydrogens (tertiary/aromatic N) is 1. The van der Waals surface area contributed by atoms with Gasteiger partial charge in [0.25, 0.3) is 0 Å². The fourth-order valence-electron chi connectivity index (χ4n) is 3.70. The average molecular weight is 474 g/mol. The smallest absolute Gasteiger partial charge is 0.245 e. The first-order valence-corrected chi connectivity index (χ1v) is 11.9. The number of thiophene rings is 1. The van der Waals surface area contributed by atoms with Crippen LogP contribution in [0.25, 0.3) is 0 Å². The van der Waals surface area contributed by atoms with E-state index < -0.39 is 6.04 Å². The molecule has 2 aromatic heterocycles. The number of nitrogens with one attached hydrogen (secondary N) is 2. The molecule has 0 aliphatic carbocycles. The van der Waals surface area contributed by atoms with Crippen LogP contribution >= 0.6 is 11.3 Å². The normalized spacial score (nSPS) is 11.7. The standard InChI is InChI=1S/C27H27N3O3S/c1-20(31)29-23-13-11-21(12-14-23)17-28-26(22-7-3-2-4-8-22)27(32)30(18-24-9-5-15-33-24)19-25-10-6-16-34-25/h2-16,26,28H,17-19H2,1H3,(H,29,31)/t26-/m0/s1. The van der Waals surface area contributed by atoms with Gasteiger partial charge in [0.15, 0.2) is 0 Å². The molecule has 0 unspecified atom stereocenters. The zero-order chi connectivity index (χ0) is 23.8. The Kier molecular flexibility index (Phi) is 7.91. The monoisotopic (exact) mass is 473 g/mol. The van der Waals surface area contributed by atoms with Crippen LogP contribution in [0, 0.1) is 0 Å². The second-order valence-electron chi connectivity index (χ2n) is 7.96. The molecule has 0 saturated heterocycles. The van der Waals surface area contributed by atoms with Crippen molar-refractivity contribution in [3.8, 4) is 0 Å². The van der Waals surface area contributed by atoms with E-state index >= 15 is 0 Å². The van der Waals surface area contributed by atoms with E-state index in [0.717, 1.165) is 27.5 Å². The van der Waals surface area contributed by atoms with Crippen molar-refractivity contribution in [2.45, 2.75) is 32.6 Å². The summed E-state index contributed by atoms with van der Waals surface area (Å²) in [5, 5.41) is 8.23. The quantitative estimate of drug-likeness (QED) is 0.325. The number of hydrogen-bond donors (Lipinski definition) is 2. The number of benzene rings is 2. The van der Waals surface area contributed by atoms with Crippen molar-refractivity contribution in [1.29, 1.82) is 0 Å². The Bertz CT molecular complexity index is 1140. The zero-order valence-corrected chi connectivity index (χ0v) is 19.8. The van der Waals surface area contributed by atoms with E-state index in [0.29, 0.717) is 19.6 Å². The summed E-state index contributed by atoms with van der Waals surface area (Å²) in [6, 6.07) is 24.6. The number of furan rings is 1. The lowest BCUT2D eigenvalue weighted by Crippen LogP contribution is -2.40. The van der Waals surface area contributed by atoms with E-state index in [2.05, 4.69) is 10.6 Å². The molecule has 6 nitrogen and oxygen atoms in total. The highest BCUT2D eigenvalue weighted by molar-refractivity contribution is 7.09. The summed E-state index contributed by atoms with van der Waals surface area (Å²) >= 11 is 1.63. The third-order valence-corrected chi connectivity index (χ3v) is 6.19. The molecule has 174 valence electrons. The van der Waals surface area contributed by atoms with Crippen LogP contribution in [-0.2, 0) is 29.2 Å². The van der Waals surface area contributed by atoms with Crippen LogP contribution in [0.1, 0.15) is 34.7 Å². The third-order valence-electron chi connectivity index (χ3n) is 5.33. The highest BCUT2D eigenvalue weighted by Gasteiger charge is 2.27. The second-order valence-corrected chi connectivity index (χ2v) is 8.99. The van der Waals surface area contributed by atoms with Crippen molar-refractivity contribution in [2.75, 3.05) is 5.32 Å². The SMILES string of the molecule is CC(=O)Nc1ccc(CN[C@H](C(=O)N(Cc2ccco2)Cc2cccs2)c2ccccc2)cc1. The maximum atomic E-state index is 13.9. The molecule has 4 aromatic rings. The Hall–Kier alpha value is -3.68. The van der Waals surface area contributed by atoms with Gasteiger partial charge in [-0.25, -0.2) is 0 Å². The molecule has 1 atom stereocenters. The Morgan fingerprint density at radius 1 is 0.941 bits per heavy atom. The molecular weight excluding hydrogens is 446 g/mol. The third kappa shape index (κ3) is 6.43. The van der Waals surface area contributed by atoms with Gasteiger partial charge in [-0.1, -0.05) is 48.5 Å². The van der Waals surface area contributed by atoms with Gasteiger partial charge in [-0.05, 0) is 46.8 Å². The number of carbonyl (C=O) groups excluding carboxylic acids is 2. The van der Waals surface area contributed by atoms with Gasteiger partial charge in [0.2, 0.25) is 11.8 Å². The van der Waals surface area contributed by atoms with Gasteiger partial charge < -0.3 is 14.6 Å². The molecule has 2 amide bonds. The topological polar surface area (TPSA) is 74.6 Å². The number of carbonyl (C=O) groups is 2. The molecule has 0 saturated carbocycles. The maximum Gasteiger partial charge on any atom is 0.245 e. The Morgan fingerprint density at radius 2 is 1.74 bits per heavy atom. The molecule has 4 rings (SSSR count). The number of anilines is 1. The molecule has 0 fully saturated rings. The van der Waals surface area contributed by atoms with Crippen molar-refractivity contribution in [3.63, 3.8) is 0 Å². The van der Waals surface area contributed by atoms with Crippen LogP contribution in [0.3, 0.4) is 0 Å². The fraction of sp³-hybridized carbons (Fsp3) is 0.185. The van der Waals surface area contributed by atoms with Crippen LogP contribution < -0.4 is 10.6 Å². The summed E-state index contributed by atoms with van der Waals surface area (Å²) < 4.78 is 5.55. The molecule has 34 heavy (non-hydrogen) atoms. The molecule has 0 aliphatic rings. The predicted octanol–water partition coefficient (Wildman–Crippen LogP) is 5.36. The lowest BCUT2D eigenvalue weighted by molar-refractivity contribution is -0.135. The largest absolute Gasteiger partial charge is 0.467 e. The van der Waals surface area contributed by atoms with E-state index in [1.807, 2.05) is 89.1 Å². The van der Waals surface area contributed by atoms with Gasteiger partial charge >= 0.3 is 0 Å². The average Bonchev–Trinajstić information content (AvgIpc) is 3.55. The molecule has 0 spiro atoms. The number of amides is 2. The van der Waals surface area contributed by atoms with Crippen LogP contribution in [0.5, 0.6) is 0 Å². The minimum absolute atomic E-state index is 0.0223. The molecule has 2 aromatic carbocycles. The van der Waals surface area contributed by atoms with E-state index in [1.54, 1.807) is 17.6 Å². The molecule has 2 N–H and O–H groups in total. The summed E-state index contributed by atoms with van der Waals surface area (Å²) in [5.41, 5.74) is 2.66. The minimum atomic E-state index is -0.522. The molecule has 0 aliphatic heterocycles. The Labute approximate surface area is 203 Å². The van der Waals surface area contributed by atoms with E-state index in [4.69, 9.17) is 4.42 Å². The zero-order valence-electron chi connectivity index (χ0n) is 18.9. The van der Waals surface area contributed by atoms with Gasteiger partial charge in [-0.3, -0.25) is 14.9 Å². The van der Waals surface area contributed by atoms with Crippen molar-refractivity contribution in [2.24, 2.45) is 0 Å². The first kappa shape index (κ1) is 23.5. The number of hydrogen-bond acceptors (Lipinski definition) is 5. The Morgan fingerprint density at radius 3 is 2.38 bits per heavy atom. The van der Waals surface area contributed by atoms with Crippen molar-refractivity contribution in [1.82, 2.24) is 10.2 Å². The first-order valence-electron chi connectivity index (χ1n) is 11.1. The first-order chi connectivity index (χ1) is 16.6.